The van der Waals surface area contributed by atoms with Gasteiger partial charge in [-0.2, -0.15) is 0 Å². The summed E-state index contributed by atoms with van der Waals surface area (Å²) in [5, 5.41) is 0. The Morgan fingerprint density at radius 3 is 2.72 bits per heavy atom. The van der Waals surface area contributed by atoms with E-state index in [0.29, 0.717) is 11.2 Å². The molecule has 0 radical (unpaired) electrons. The fraction of sp³-hybridized carbons (Fsp3) is 0.500. The number of esters is 1. The van der Waals surface area contributed by atoms with Crippen LogP contribution in [0.2, 0.25) is 0 Å². The Kier molecular flexibility index (Phi) is 3.68. The first kappa shape index (κ1) is 13.1. The van der Waals surface area contributed by atoms with Crippen LogP contribution in [0.4, 0.5) is 0 Å². The van der Waals surface area contributed by atoms with Crippen molar-refractivity contribution in [1.29, 1.82) is 0 Å². The summed E-state index contributed by atoms with van der Waals surface area (Å²) in [6.45, 7) is 3.23. The largest absolute Gasteiger partial charge is 0.465 e. The molecule has 1 fully saturated rings. The quantitative estimate of drug-likeness (QED) is 0.603. The van der Waals surface area contributed by atoms with Crippen LogP contribution in [0.5, 0.6) is 0 Å². The minimum Gasteiger partial charge on any atom is -0.465 e. The van der Waals surface area contributed by atoms with Gasteiger partial charge in [0.05, 0.1) is 14.2 Å². The molecule has 1 heterocycles. The summed E-state index contributed by atoms with van der Waals surface area (Å²) in [5.41, 5.74) is 1.20. The number of likely N-dealkylation sites (N-methyl/N-ethyl adjacent to an activating group) is 1. The van der Waals surface area contributed by atoms with Crippen molar-refractivity contribution < 1.29 is 18.8 Å². The lowest BCUT2D eigenvalue weighted by molar-refractivity contribution is -0.934. The minimum atomic E-state index is -0.254. The zero-order valence-electron chi connectivity index (χ0n) is 11.1. The van der Waals surface area contributed by atoms with Gasteiger partial charge in [0.2, 0.25) is 6.04 Å². The topological polar surface area (TPSA) is 35.5 Å². The van der Waals surface area contributed by atoms with E-state index in [1.165, 1.54) is 12.7 Å². The van der Waals surface area contributed by atoms with Crippen molar-refractivity contribution in [3.05, 3.63) is 35.9 Å². The molecule has 0 aliphatic carbocycles. The number of nitrogens with zero attached hydrogens (tertiary/aromatic N) is 1. The SMILES string of the molecule is COC(=O)[C@@H]1[C@@H](C)OC[N@@+]1(C)Cc1ccccc1. The van der Waals surface area contributed by atoms with Gasteiger partial charge < -0.3 is 9.47 Å². The third-order valence-electron chi connectivity index (χ3n) is 3.58. The zero-order valence-corrected chi connectivity index (χ0v) is 11.1. The number of benzene rings is 1. The predicted octanol–water partition coefficient (Wildman–Crippen LogP) is 1.55. The second kappa shape index (κ2) is 5.08. The molecule has 0 spiro atoms. The lowest BCUT2D eigenvalue weighted by Crippen LogP contribution is -2.54. The molecule has 1 aliphatic rings. The molecule has 0 bridgehead atoms. The highest BCUT2D eigenvalue weighted by Gasteiger charge is 2.49. The lowest BCUT2D eigenvalue weighted by atomic mass is 10.1. The average molecular weight is 250 g/mol. The van der Waals surface area contributed by atoms with E-state index in [1.54, 1.807) is 0 Å². The standard InChI is InChI=1S/C14H20NO3/c1-11-13(14(16)17-3)15(2,10-18-11)9-12-7-5-4-6-8-12/h4-8,11,13H,9-10H2,1-3H3/q+1/t11-,13+,15-/m1/s1. The molecule has 1 aromatic carbocycles. The number of ether oxygens (including phenoxy) is 2. The number of methoxy groups -OCH3 is 1. The highest BCUT2D eigenvalue weighted by molar-refractivity contribution is 5.75. The maximum atomic E-state index is 11.9. The van der Waals surface area contributed by atoms with Gasteiger partial charge in [0, 0.05) is 5.56 Å². The Bertz CT molecular complexity index is 420. The Labute approximate surface area is 108 Å². The predicted molar refractivity (Wildman–Crippen MR) is 67.5 cm³/mol. The fourth-order valence-corrected chi connectivity index (χ4v) is 2.68. The molecule has 4 heteroatoms. The van der Waals surface area contributed by atoms with Crippen LogP contribution >= 0.6 is 0 Å². The van der Waals surface area contributed by atoms with Gasteiger partial charge in [-0.1, -0.05) is 30.3 Å². The van der Waals surface area contributed by atoms with E-state index in [1.807, 2.05) is 32.2 Å². The normalized spacial score (nSPS) is 31.3. The monoisotopic (exact) mass is 250 g/mol. The molecule has 1 aliphatic heterocycles. The summed E-state index contributed by atoms with van der Waals surface area (Å²) in [6.07, 6.45) is -0.105. The highest BCUT2D eigenvalue weighted by atomic mass is 16.5. The number of hydrogen-bond acceptors (Lipinski definition) is 3. The first-order chi connectivity index (χ1) is 8.57. The fourth-order valence-electron chi connectivity index (χ4n) is 2.68. The summed E-state index contributed by atoms with van der Waals surface area (Å²) in [7, 11) is 3.47. The van der Waals surface area contributed by atoms with E-state index >= 15 is 0 Å². The molecular formula is C14H20NO3+. The number of carbonyl (C=O) groups excluding carboxylic acids is 1. The van der Waals surface area contributed by atoms with Crippen LogP contribution in [-0.2, 0) is 20.8 Å². The smallest absolute Gasteiger partial charge is 0.367 e. The number of rotatable bonds is 3. The second-order valence-corrected chi connectivity index (χ2v) is 5.09. The Balaban J connectivity index is 2.21. The Morgan fingerprint density at radius 1 is 1.44 bits per heavy atom. The molecule has 0 amide bonds. The Hall–Kier alpha value is -1.39. The van der Waals surface area contributed by atoms with E-state index in [0.717, 1.165) is 6.54 Å². The first-order valence-electron chi connectivity index (χ1n) is 6.14. The molecule has 4 nitrogen and oxygen atoms in total. The van der Waals surface area contributed by atoms with Gasteiger partial charge in [0.25, 0.3) is 0 Å². The molecule has 3 atom stereocenters. The van der Waals surface area contributed by atoms with Crippen LogP contribution in [0.25, 0.3) is 0 Å². The van der Waals surface area contributed by atoms with Crippen molar-refractivity contribution in [2.45, 2.75) is 25.6 Å². The summed E-state index contributed by atoms with van der Waals surface area (Å²) >= 11 is 0. The number of quaternary nitrogens is 1. The van der Waals surface area contributed by atoms with Crippen LogP contribution in [0.3, 0.4) is 0 Å². The van der Waals surface area contributed by atoms with Crippen LogP contribution in [-0.4, -0.2) is 43.5 Å². The van der Waals surface area contributed by atoms with E-state index in [9.17, 15) is 4.79 Å². The average Bonchev–Trinajstić information content (AvgIpc) is 2.65. The van der Waals surface area contributed by atoms with Crippen molar-refractivity contribution in [2.75, 3.05) is 20.9 Å². The van der Waals surface area contributed by atoms with Gasteiger partial charge >= 0.3 is 5.97 Å². The van der Waals surface area contributed by atoms with Crippen LogP contribution in [0.15, 0.2) is 30.3 Å². The van der Waals surface area contributed by atoms with Gasteiger partial charge in [-0.15, -0.1) is 0 Å². The summed E-state index contributed by atoms with van der Waals surface area (Å²) in [4.78, 5) is 11.9. The number of carbonyl (C=O) groups is 1. The number of hydrogen-bond donors (Lipinski definition) is 0. The Morgan fingerprint density at radius 2 is 2.11 bits per heavy atom. The van der Waals surface area contributed by atoms with Gasteiger partial charge in [-0.3, -0.25) is 4.48 Å². The minimum absolute atomic E-state index is 0.105. The van der Waals surface area contributed by atoms with Crippen molar-refractivity contribution in [1.82, 2.24) is 0 Å². The highest BCUT2D eigenvalue weighted by Crippen LogP contribution is 2.28. The van der Waals surface area contributed by atoms with Crippen molar-refractivity contribution in [3.8, 4) is 0 Å². The van der Waals surface area contributed by atoms with Crippen LogP contribution in [0, 0.1) is 0 Å². The summed E-state index contributed by atoms with van der Waals surface area (Å²) in [5.74, 6) is -0.196. The van der Waals surface area contributed by atoms with E-state index in [-0.39, 0.29) is 18.1 Å². The summed E-state index contributed by atoms with van der Waals surface area (Å²) in [6, 6.07) is 9.89. The van der Waals surface area contributed by atoms with E-state index < -0.39 is 0 Å². The molecule has 1 aromatic rings. The van der Waals surface area contributed by atoms with Gasteiger partial charge in [0.1, 0.15) is 12.6 Å². The van der Waals surface area contributed by atoms with Gasteiger partial charge in [-0.25, -0.2) is 4.79 Å². The van der Waals surface area contributed by atoms with Gasteiger partial charge in [-0.05, 0) is 6.92 Å². The molecule has 1 saturated heterocycles. The molecule has 98 valence electrons. The lowest BCUT2D eigenvalue weighted by Gasteiger charge is -2.33. The molecular weight excluding hydrogens is 230 g/mol. The second-order valence-electron chi connectivity index (χ2n) is 5.09. The molecule has 0 unspecified atom stereocenters. The molecule has 0 N–H and O–H groups in total. The maximum Gasteiger partial charge on any atom is 0.367 e. The molecule has 18 heavy (non-hydrogen) atoms. The maximum absolute atomic E-state index is 11.9. The molecule has 0 aromatic heterocycles. The van der Waals surface area contributed by atoms with Crippen LogP contribution < -0.4 is 0 Å². The molecule has 2 rings (SSSR count). The van der Waals surface area contributed by atoms with E-state index in [2.05, 4.69) is 12.1 Å². The van der Waals surface area contributed by atoms with Crippen molar-refractivity contribution in [2.24, 2.45) is 0 Å². The van der Waals surface area contributed by atoms with E-state index in [4.69, 9.17) is 9.47 Å². The van der Waals surface area contributed by atoms with Crippen LogP contribution in [0.1, 0.15) is 12.5 Å². The summed E-state index contributed by atoms with van der Waals surface area (Å²) < 4.78 is 11.1. The third-order valence-corrected chi connectivity index (χ3v) is 3.58. The zero-order chi connectivity index (χ0) is 13.2. The molecule has 0 saturated carbocycles. The third kappa shape index (κ3) is 2.40. The van der Waals surface area contributed by atoms with Crippen molar-refractivity contribution >= 4 is 5.97 Å². The van der Waals surface area contributed by atoms with Crippen molar-refractivity contribution in [3.63, 3.8) is 0 Å². The first-order valence-corrected chi connectivity index (χ1v) is 6.14. The van der Waals surface area contributed by atoms with Gasteiger partial charge in [0.15, 0.2) is 6.73 Å².